The highest BCUT2D eigenvalue weighted by Crippen LogP contribution is 2.21. The molecule has 1 rings (SSSR count). The minimum atomic E-state index is -0.485. The second kappa shape index (κ2) is 7.55. The van der Waals surface area contributed by atoms with Gasteiger partial charge in [0.25, 0.3) is 0 Å². The molecule has 0 unspecified atom stereocenters. The van der Waals surface area contributed by atoms with Crippen LogP contribution in [-0.4, -0.2) is 49.6 Å². The Bertz CT molecular complexity index is 440. The third-order valence-corrected chi connectivity index (χ3v) is 2.62. The maximum atomic E-state index is 13.3. The van der Waals surface area contributed by atoms with Crippen LogP contribution in [0.25, 0.3) is 0 Å². The van der Waals surface area contributed by atoms with Gasteiger partial charge in [-0.25, -0.2) is 4.39 Å². The van der Waals surface area contributed by atoms with Crippen molar-refractivity contribution < 1.29 is 19.4 Å². The first kappa shape index (κ1) is 15.2. The molecule has 0 heterocycles. The highest BCUT2D eigenvalue weighted by atomic mass is 19.1. The number of nitrogens with two attached hydrogens (primary N) is 1. The van der Waals surface area contributed by atoms with E-state index < -0.39 is 5.82 Å². The number of aliphatic hydroxyl groups is 1. The maximum absolute atomic E-state index is 13.3. The van der Waals surface area contributed by atoms with Crippen molar-refractivity contribution in [3.05, 3.63) is 29.6 Å². The van der Waals surface area contributed by atoms with Crippen molar-refractivity contribution in [3.8, 4) is 0 Å². The molecule has 6 nitrogen and oxygen atoms in total. The summed E-state index contributed by atoms with van der Waals surface area (Å²) in [6.07, 6.45) is 0. The topological polar surface area (TPSA) is 91.3 Å². The first-order chi connectivity index (χ1) is 9.13. The number of anilines is 1. The molecule has 106 valence electrons. The van der Waals surface area contributed by atoms with Crippen LogP contribution in [-0.2, 0) is 4.74 Å². The van der Waals surface area contributed by atoms with Crippen LogP contribution in [0.5, 0.6) is 0 Å². The SMILES string of the molecule is COCCN(CCO)c1ccc(F)cc1/C(N)=N/O. The first-order valence-corrected chi connectivity index (χ1v) is 5.76. The zero-order chi connectivity index (χ0) is 14.3. The van der Waals surface area contributed by atoms with Crippen molar-refractivity contribution in [2.75, 3.05) is 38.3 Å². The molecule has 0 aliphatic heterocycles. The van der Waals surface area contributed by atoms with E-state index in [1.807, 2.05) is 0 Å². The summed E-state index contributed by atoms with van der Waals surface area (Å²) in [7, 11) is 1.56. The van der Waals surface area contributed by atoms with E-state index in [1.165, 1.54) is 18.2 Å². The van der Waals surface area contributed by atoms with Crippen molar-refractivity contribution in [2.24, 2.45) is 10.9 Å². The average molecular weight is 271 g/mol. The van der Waals surface area contributed by atoms with Gasteiger partial charge >= 0.3 is 0 Å². The van der Waals surface area contributed by atoms with Gasteiger partial charge in [0.2, 0.25) is 0 Å². The van der Waals surface area contributed by atoms with Gasteiger partial charge in [0.1, 0.15) is 5.82 Å². The van der Waals surface area contributed by atoms with Gasteiger partial charge in [-0.3, -0.25) is 0 Å². The molecule has 0 aromatic heterocycles. The summed E-state index contributed by atoms with van der Waals surface area (Å²) in [4.78, 5) is 1.77. The zero-order valence-electron chi connectivity index (χ0n) is 10.7. The molecular formula is C12H18FN3O3. The summed E-state index contributed by atoms with van der Waals surface area (Å²) < 4.78 is 18.2. The van der Waals surface area contributed by atoms with Crippen LogP contribution in [0.4, 0.5) is 10.1 Å². The van der Waals surface area contributed by atoms with E-state index in [4.69, 9.17) is 20.8 Å². The Hall–Kier alpha value is -1.86. The van der Waals surface area contributed by atoms with Gasteiger partial charge in [-0.2, -0.15) is 0 Å². The first-order valence-electron chi connectivity index (χ1n) is 5.76. The Morgan fingerprint density at radius 3 is 2.79 bits per heavy atom. The van der Waals surface area contributed by atoms with E-state index in [0.717, 1.165) is 0 Å². The average Bonchev–Trinajstić information content (AvgIpc) is 2.42. The van der Waals surface area contributed by atoms with E-state index >= 15 is 0 Å². The number of oxime groups is 1. The number of aliphatic hydroxyl groups excluding tert-OH is 1. The van der Waals surface area contributed by atoms with Gasteiger partial charge in [-0.05, 0) is 18.2 Å². The van der Waals surface area contributed by atoms with Crippen LogP contribution >= 0.6 is 0 Å². The molecule has 0 amide bonds. The number of benzene rings is 1. The summed E-state index contributed by atoms with van der Waals surface area (Å²) >= 11 is 0. The lowest BCUT2D eigenvalue weighted by molar-refractivity contribution is 0.203. The third kappa shape index (κ3) is 4.08. The quantitative estimate of drug-likeness (QED) is 0.288. The van der Waals surface area contributed by atoms with Crippen LogP contribution in [0, 0.1) is 5.82 Å². The number of nitrogens with zero attached hydrogens (tertiary/aromatic N) is 2. The molecule has 0 aliphatic rings. The third-order valence-electron chi connectivity index (χ3n) is 2.62. The summed E-state index contributed by atoms with van der Waals surface area (Å²) in [5, 5.41) is 20.7. The lowest BCUT2D eigenvalue weighted by Gasteiger charge is -2.25. The predicted octanol–water partition coefficient (Wildman–Crippen LogP) is 0.365. The van der Waals surface area contributed by atoms with Crippen molar-refractivity contribution in [1.82, 2.24) is 0 Å². The predicted molar refractivity (Wildman–Crippen MR) is 70.1 cm³/mol. The molecule has 0 saturated carbocycles. The Kier molecular flexibility index (Phi) is 6.04. The molecule has 0 spiro atoms. The summed E-state index contributed by atoms with van der Waals surface area (Å²) in [6.45, 7) is 1.19. The van der Waals surface area contributed by atoms with Crippen molar-refractivity contribution in [3.63, 3.8) is 0 Å². The molecule has 0 fully saturated rings. The molecule has 0 saturated heterocycles. The Labute approximate surface area is 110 Å². The van der Waals surface area contributed by atoms with Crippen molar-refractivity contribution in [2.45, 2.75) is 0 Å². The van der Waals surface area contributed by atoms with E-state index in [-0.39, 0.29) is 18.0 Å². The highest BCUT2D eigenvalue weighted by molar-refractivity contribution is 6.02. The fraction of sp³-hybridized carbons (Fsp3) is 0.417. The lowest BCUT2D eigenvalue weighted by atomic mass is 10.1. The molecule has 0 aliphatic carbocycles. The lowest BCUT2D eigenvalue weighted by Crippen LogP contribution is -2.32. The second-order valence-corrected chi connectivity index (χ2v) is 3.85. The van der Waals surface area contributed by atoms with Gasteiger partial charge < -0.3 is 25.7 Å². The minimum Gasteiger partial charge on any atom is -0.409 e. The summed E-state index contributed by atoms with van der Waals surface area (Å²) in [5.41, 5.74) is 6.38. The van der Waals surface area contributed by atoms with Gasteiger partial charge in [0.15, 0.2) is 5.84 Å². The Morgan fingerprint density at radius 2 is 2.21 bits per heavy atom. The van der Waals surface area contributed by atoms with Crippen LogP contribution < -0.4 is 10.6 Å². The Morgan fingerprint density at radius 1 is 1.47 bits per heavy atom. The second-order valence-electron chi connectivity index (χ2n) is 3.85. The molecule has 7 heteroatoms. The van der Waals surface area contributed by atoms with Crippen molar-refractivity contribution >= 4 is 11.5 Å². The van der Waals surface area contributed by atoms with E-state index in [2.05, 4.69) is 5.16 Å². The molecule has 0 atom stereocenters. The number of halogens is 1. The number of methoxy groups -OCH3 is 1. The van der Waals surface area contributed by atoms with Crippen molar-refractivity contribution in [1.29, 1.82) is 0 Å². The highest BCUT2D eigenvalue weighted by Gasteiger charge is 2.14. The number of hydrogen-bond donors (Lipinski definition) is 3. The summed E-state index contributed by atoms with van der Waals surface area (Å²) in [5.74, 6) is -0.670. The fourth-order valence-corrected chi connectivity index (χ4v) is 1.72. The van der Waals surface area contributed by atoms with Crippen LogP contribution in [0.1, 0.15) is 5.56 Å². The summed E-state index contributed by atoms with van der Waals surface area (Å²) in [6, 6.07) is 3.98. The smallest absolute Gasteiger partial charge is 0.172 e. The van der Waals surface area contributed by atoms with Gasteiger partial charge in [-0.15, -0.1) is 0 Å². The van der Waals surface area contributed by atoms with Gasteiger partial charge in [-0.1, -0.05) is 5.16 Å². The Balaban J connectivity index is 3.13. The molecule has 19 heavy (non-hydrogen) atoms. The number of amidine groups is 1. The zero-order valence-corrected chi connectivity index (χ0v) is 10.7. The van der Waals surface area contributed by atoms with E-state index in [0.29, 0.717) is 25.4 Å². The van der Waals surface area contributed by atoms with Gasteiger partial charge in [0.05, 0.1) is 13.2 Å². The molecular weight excluding hydrogens is 253 g/mol. The number of hydrogen-bond acceptors (Lipinski definition) is 5. The molecule has 1 aromatic carbocycles. The molecule has 1 aromatic rings. The van der Waals surface area contributed by atoms with Crippen LogP contribution in [0.15, 0.2) is 23.4 Å². The largest absolute Gasteiger partial charge is 0.409 e. The molecule has 0 radical (unpaired) electrons. The fourth-order valence-electron chi connectivity index (χ4n) is 1.72. The molecule has 4 N–H and O–H groups in total. The normalized spacial score (nSPS) is 11.6. The maximum Gasteiger partial charge on any atom is 0.172 e. The number of ether oxygens (including phenoxy) is 1. The van der Waals surface area contributed by atoms with Crippen LogP contribution in [0.2, 0.25) is 0 Å². The standard InChI is InChI=1S/C12H18FN3O3/c1-19-7-5-16(4-6-17)11-3-2-9(13)8-10(11)12(14)15-18/h2-3,8,17-18H,4-7H2,1H3,(H2,14,15). The monoisotopic (exact) mass is 271 g/mol. The number of rotatable bonds is 7. The molecule has 0 bridgehead atoms. The van der Waals surface area contributed by atoms with Gasteiger partial charge in [0, 0.05) is 31.5 Å². The van der Waals surface area contributed by atoms with Crippen LogP contribution in [0.3, 0.4) is 0 Å². The van der Waals surface area contributed by atoms with E-state index in [1.54, 1.807) is 12.0 Å². The van der Waals surface area contributed by atoms with E-state index in [9.17, 15) is 4.39 Å². The minimum absolute atomic E-state index is 0.0727.